The standard InChI is InChI=1S/C13H11N3O/c1-2-17-9-16-13-10(7-14)8-15-12-6-4-3-5-11(12)13/h3-6,8-9H,2H2,1H3. The van der Waals surface area contributed by atoms with Crippen molar-refractivity contribution in [3.8, 4) is 6.07 Å². The summed E-state index contributed by atoms with van der Waals surface area (Å²) in [5.41, 5.74) is 1.86. The first-order valence-electron chi connectivity index (χ1n) is 5.28. The molecule has 0 unspecified atom stereocenters. The number of para-hydroxylation sites is 1. The molecule has 0 atom stereocenters. The molecule has 1 aromatic heterocycles. The zero-order chi connectivity index (χ0) is 12.1. The molecule has 4 heteroatoms. The average molecular weight is 225 g/mol. The third-order valence-corrected chi connectivity index (χ3v) is 2.29. The number of nitrogens with zero attached hydrogens (tertiary/aromatic N) is 3. The number of ether oxygens (including phenoxy) is 1. The van der Waals surface area contributed by atoms with Crippen molar-refractivity contribution in [3.05, 3.63) is 36.0 Å². The fourth-order valence-electron chi connectivity index (χ4n) is 1.51. The summed E-state index contributed by atoms with van der Waals surface area (Å²) in [6, 6.07) is 9.65. The third kappa shape index (κ3) is 2.23. The van der Waals surface area contributed by atoms with Crippen molar-refractivity contribution in [2.45, 2.75) is 6.92 Å². The van der Waals surface area contributed by atoms with Crippen LogP contribution in [0.4, 0.5) is 5.69 Å². The van der Waals surface area contributed by atoms with Crippen molar-refractivity contribution in [3.63, 3.8) is 0 Å². The molecule has 17 heavy (non-hydrogen) atoms. The summed E-state index contributed by atoms with van der Waals surface area (Å²) in [6.07, 6.45) is 2.89. The summed E-state index contributed by atoms with van der Waals surface area (Å²) < 4.78 is 5.06. The first-order valence-corrected chi connectivity index (χ1v) is 5.28. The van der Waals surface area contributed by atoms with Crippen LogP contribution in [0.3, 0.4) is 0 Å². The highest BCUT2D eigenvalue weighted by Crippen LogP contribution is 2.27. The van der Waals surface area contributed by atoms with Crippen LogP contribution < -0.4 is 0 Å². The van der Waals surface area contributed by atoms with E-state index in [9.17, 15) is 0 Å². The predicted octanol–water partition coefficient (Wildman–Crippen LogP) is 2.80. The Kier molecular flexibility index (Phi) is 3.31. The Morgan fingerprint density at radius 3 is 3.06 bits per heavy atom. The smallest absolute Gasteiger partial charge is 0.174 e. The van der Waals surface area contributed by atoms with E-state index in [0.29, 0.717) is 17.9 Å². The van der Waals surface area contributed by atoms with E-state index in [2.05, 4.69) is 16.0 Å². The van der Waals surface area contributed by atoms with Crippen molar-refractivity contribution < 1.29 is 4.74 Å². The summed E-state index contributed by atoms with van der Waals surface area (Å²) in [7, 11) is 0. The fraction of sp³-hybridized carbons (Fsp3) is 0.154. The van der Waals surface area contributed by atoms with Gasteiger partial charge < -0.3 is 4.74 Å². The van der Waals surface area contributed by atoms with E-state index in [0.717, 1.165) is 10.9 Å². The molecule has 0 amide bonds. The zero-order valence-electron chi connectivity index (χ0n) is 9.42. The summed E-state index contributed by atoms with van der Waals surface area (Å²) >= 11 is 0. The topological polar surface area (TPSA) is 58.3 Å². The zero-order valence-corrected chi connectivity index (χ0v) is 9.42. The molecule has 0 fully saturated rings. The molecule has 2 aromatic rings. The van der Waals surface area contributed by atoms with Crippen molar-refractivity contribution >= 4 is 23.0 Å². The maximum Gasteiger partial charge on any atom is 0.174 e. The molecule has 2 rings (SSSR count). The van der Waals surface area contributed by atoms with Crippen molar-refractivity contribution in [2.75, 3.05) is 6.61 Å². The maximum absolute atomic E-state index is 9.03. The van der Waals surface area contributed by atoms with Gasteiger partial charge in [0.25, 0.3) is 0 Å². The molecule has 0 bridgehead atoms. The molecule has 4 nitrogen and oxygen atoms in total. The Balaban J connectivity index is 2.60. The number of aromatic nitrogens is 1. The lowest BCUT2D eigenvalue weighted by Crippen LogP contribution is -1.87. The number of hydrogen-bond acceptors (Lipinski definition) is 4. The molecule has 0 saturated carbocycles. The summed E-state index contributed by atoms with van der Waals surface area (Å²) in [4.78, 5) is 8.39. The molecule has 84 valence electrons. The van der Waals surface area contributed by atoms with E-state index in [1.54, 1.807) is 0 Å². The largest absolute Gasteiger partial charge is 0.483 e. The number of fused-ring (bicyclic) bond motifs is 1. The number of hydrogen-bond donors (Lipinski definition) is 0. The van der Waals surface area contributed by atoms with Crippen molar-refractivity contribution in [1.29, 1.82) is 5.26 Å². The lowest BCUT2D eigenvalue weighted by molar-refractivity contribution is 0.344. The van der Waals surface area contributed by atoms with Crippen molar-refractivity contribution in [2.24, 2.45) is 4.99 Å². The van der Waals surface area contributed by atoms with E-state index >= 15 is 0 Å². The molecule has 1 heterocycles. The van der Waals surface area contributed by atoms with E-state index in [4.69, 9.17) is 10.00 Å². The van der Waals surface area contributed by atoms with Crippen LogP contribution in [0.1, 0.15) is 12.5 Å². The molecular weight excluding hydrogens is 214 g/mol. The van der Waals surface area contributed by atoms with Gasteiger partial charge in [-0.1, -0.05) is 18.2 Å². The van der Waals surface area contributed by atoms with Crippen LogP contribution in [0, 0.1) is 11.3 Å². The minimum absolute atomic E-state index is 0.444. The van der Waals surface area contributed by atoms with Gasteiger partial charge in [-0.05, 0) is 13.0 Å². The van der Waals surface area contributed by atoms with Gasteiger partial charge in [0.1, 0.15) is 6.07 Å². The summed E-state index contributed by atoms with van der Waals surface area (Å²) in [5, 5.41) is 9.88. The van der Waals surface area contributed by atoms with Crippen molar-refractivity contribution in [1.82, 2.24) is 4.98 Å². The van der Waals surface area contributed by atoms with E-state index < -0.39 is 0 Å². The summed E-state index contributed by atoms with van der Waals surface area (Å²) in [6.45, 7) is 2.43. The van der Waals surface area contributed by atoms with Gasteiger partial charge in [0.15, 0.2) is 6.40 Å². The number of pyridine rings is 1. The van der Waals surface area contributed by atoms with Gasteiger partial charge in [0, 0.05) is 11.6 Å². The Hall–Kier alpha value is -2.41. The van der Waals surface area contributed by atoms with Gasteiger partial charge in [-0.25, -0.2) is 4.99 Å². The monoisotopic (exact) mass is 225 g/mol. The Morgan fingerprint density at radius 2 is 2.29 bits per heavy atom. The number of rotatable bonds is 3. The highest BCUT2D eigenvalue weighted by molar-refractivity contribution is 5.93. The molecule has 1 aromatic carbocycles. The molecule has 0 aliphatic carbocycles. The van der Waals surface area contributed by atoms with E-state index in [-0.39, 0.29) is 0 Å². The third-order valence-electron chi connectivity index (χ3n) is 2.29. The second kappa shape index (κ2) is 5.08. The fourth-order valence-corrected chi connectivity index (χ4v) is 1.51. The second-order valence-electron chi connectivity index (χ2n) is 3.34. The van der Waals surface area contributed by atoms with Crippen LogP contribution in [0.5, 0.6) is 0 Å². The van der Waals surface area contributed by atoms with Gasteiger partial charge in [-0.2, -0.15) is 5.26 Å². The molecule has 0 aliphatic heterocycles. The number of aliphatic imine (C=N–C) groups is 1. The quantitative estimate of drug-likeness (QED) is 0.596. The molecule has 0 saturated heterocycles. The minimum atomic E-state index is 0.444. The minimum Gasteiger partial charge on any atom is -0.483 e. The average Bonchev–Trinajstić information content (AvgIpc) is 2.39. The SMILES string of the molecule is CCOC=Nc1c(C#N)cnc2ccccc12. The van der Waals surface area contributed by atoms with Crippen LogP contribution in [0.25, 0.3) is 10.9 Å². The molecular formula is C13H11N3O. The first-order chi connectivity index (χ1) is 8.36. The Bertz CT molecular complexity index is 599. The molecule has 0 aliphatic rings. The van der Waals surface area contributed by atoms with Gasteiger partial charge >= 0.3 is 0 Å². The van der Waals surface area contributed by atoms with Crippen LogP contribution in [0.15, 0.2) is 35.5 Å². The van der Waals surface area contributed by atoms with Crippen LogP contribution >= 0.6 is 0 Å². The van der Waals surface area contributed by atoms with Crippen LogP contribution in [-0.2, 0) is 4.74 Å². The lowest BCUT2D eigenvalue weighted by Gasteiger charge is -2.02. The van der Waals surface area contributed by atoms with Gasteiger partial charge in [-0.3, -0.25) is 4.98 Å². The predicted molar refractivity (Wildman–Crippen MR) is 66.2 cm³/mol. The van der Waals surface area contributed by atoms with Gasteiger partial charge in [-0.15, -0.1) is 0 Å². The van der Waals surface area contributed by atoms with E-state index in [1.807, 2.05) is 31.2 Å². The maximum atomic E-state index is 9.03. The summed E-state index contributed by atoms with van der Waals surface area (Å²) in [5.74, 6) is 0. The van der Waals surface area contributed by atoms with Crippen LogP contribution in [-0.4, -0.2) is 18.0 Å². The Morgan fingerprint density at radius 1 is 1.47 bits per heavy atom. The number of benzene rings is 1. The van der Waals surface area contributed by atoms with E-state index in [1.165, 1.54) is 12.6 Å². The van der Waals surface area contributed by atoms with Gasteiger partial charge in [0.05, 0.1) is 23.4 Å². The van der Waals surface area contributed by atoms with Gasteiger partial charge in [0.2, 0.25) is 0 Å². The number of nitriles is 1. The second-order valence-corrected chi connectivity index (χ2v) is 3.34. The molecule has 0 radical (unpaired) electrons. The highest BCUT2D eigenvalue weighted by atomic mass is 16.5. The normalized spacial score (nSPS) is 10.6. The highest BCUT2D eigenvalue weighted by Gasteiger charge is 2.06. The molecule has 0 N–H and O–H groups in total. The molecule has 0 spiro atoms. The van der Waals surface area contributed by atoms with Crippen LogP contribution in [0.2, 0.25) is 0 Å². The Labute approximate surface area is 99.2 Å². The first kappa shape index (κ1) is 11.1. The lowest BCUT2D eigenvalue weighted by atomic mass is 10.1.